The number of carbonyl (C=O) groups is 1. The number of nitrogens with one attached hydrogen (secondary N) is 1. The summed E-state index contributed by atoms with van der Waals surface area (Å²) in [5, 5.41) is 2.97. The van der Waals surface area contributed by atoms with E-state index in [1.807, 2.05) is 6.07 Å². The van der Waals surface area contributed by atoms with Crippen LogP contribution in [0.25, 0.3) is 0 Å². The second kappa shape index (κ2) is 5.02. The van der Waals surface area contributed by atoms with E-state index < -0.39 is 6.04 Å². The van der Waals surface area contributed by atoms with Crippen molar-refractivity contribution in [3.05, 3.63) is 22.7 Å². The van der Waals surface area contributed by atoms with Crippen LogP contribution in [0.5, 0.6) is 0 Å². The second-order valence-corrected chi connectivity index (χ2v) is 4.04. The predicted octanol–water partition coefficient (Wildman–Crippen LogP) is 2.00. The van der Waals surface area contributed by atoms with Gasteiger partial charge < -0.3 is 15.8 Å². The van der Waals surface area contributed by atoms with Crippen molar-refractivity contribution in [2.75, 3.05) is 18.2 Å². The molecule has 1 aromatic carbocycles. The Bertz CT molecular complexity index is 368. The molecule has 0 aliphatic rings. The zero-order valence-electron chi connectivity index (χ0n) is 8.58. The molecule has 0 amide bonds. The Hall–Kier alpha value is -1.23. The van der Waals surface area contributed by atoms with Gasteiger partial charge >= 0.3 is 5.97 Å². The number of rotatable bonds is 3. The number of methoxy groups -OCH3 is 1. The first-order chi connectivity index (χ1) is 7.04. The first-order valence-corrected chi connectivity index (χ1v) is 5.23. The van der Waals surface area contributed by atoms with Gasteiger partial charge in [0.1, 0.15) is 6.04 Å². The maximum Gasteiger partial charge on any atom is 0.327 e. The van der Waals surface area contributed by atoms with Crippen LogP contribution in [0, 0.1) is 0 Å². The Kier molecular flexibility index (Phi) is 3.96. The lowest BCUT2D eigenvalue weighted by molar-refractivity contribution is -0.141. The van der Waals surface area contributed by atoms with Gasteiger partial charge in [-0.1, -0.05) is 15.9 Å². The number of benzene rings is 1. The third-order valence-electron chi connectivity index (χ3n) is 1.94. The third kappa shape index (κ3) is 3.13. The Balaban J connectivity index is 2.76. The van der Waals surface area contributed by atoms with Crippen molar-refractivity contribution in [2.45, 2.75) is 13.0 Å². The molecule has 0 aromatic heterocycles. The summed E-state index contributed by atoms with van der Waals surface area (Å²) < 4.78 is 5.50. The fraction of sp³-hybridized carbons (Fsp3) is 0.300. The summed E-state index contributed by atoms with van der Waals surface area (Å²) >= 11 is 3.31. The van der Waals surface area contributed by atoms with Crippen molar-refractivity contribution in [3.8, 4) is 0 Å². The van der Waals surface area contributed by atoms with Crippen molar-refractivity contribution in [1.82, 2.24) is 0 Å². The molecule has 0 aliphatic carbocycles. The first kappa shape index (κ1) is 11.8. The SMILES string of the molecule is COC(=O)C(C)Nc1ccc(Br)cc1N. The number of nitrogen functional groups attached to an aromatic ring is 1. The van der Waals surface area contributed by atoms with Gasteiger partial charge in [-0.05, 0) is 25.1 Å². The molecule has 0 radical (unpaired) electrons. The minimum atomic E-state index is -0.418. The molecule has 4 nitrogen and oxygen atoms in total. The van der Waals surface area contributed by atoms with Crippen LogP contribution in [0.3, 0.4) is 0 Å². The summed E-state index contributed by atoms with van der Waals surface area (Å²) in [5.41, 5.74) is 7.07. The lowest BCUT2D eigenvalue weighted by atomic mass is 10.2. The molecule has 1 aromatic rings. The van der Waals surface area contributed by atoms with Crippen LogP contribution in [0.2, 0.25) is 0 Å². The zero-order valence-corrected chi connectivity index (χ0v) is 10.2. The van der Waals surface area contributed by atoms with Gasteiger partial charge in [0.25, 0.3) is 0 Å². The number of hydrogen-bond acceptors (Lipinski definition) is 4. The zero-order chi connectivity index (χ0) is 11.4. The summed E-state index contributed by atoms with van der Waals surface area (Å²) in [7, 11) is 1.35. The van der Waals surface area contributed by atoms with E-state index >= 15 is 0 Å². The third-order valence-corrected chi connectivity index (χ3v) is 2.43. The highest BCUT2D eigenvalue weighted by Crippen LogP contribution is 2.23. The minimum absolute atomic E-state index is 0.322. The maximum atomic E-state index is 11.2. The predicted molar refractivity (Wildman–Crippen MR) is 63.7 cm³/mol. The van der Waals surface area contributed by atoms with Crippen molar-refractivity contribution < 1.29 is 9.53 Å². The number of carbonyl (C=O) groups excluding carboxylic acids is 1. The molecule has 15 heavy (non-hydrogen) atoms. The van der Waals surface area contributed by atoms with Crippen LogP contribution in [0.1, 0.15) is 6.92 Å². The Labute approximate surface area is 96.9 Å². The van der Waals surface area contributed by atoms with Gasteiger partial charge in [0, 0.05) is 4.47 Å². The van der Waals surface area contributed by atoms with Crippen molar-refractivity contribution in [2.24, 2.45) is 0 Å². The highest BCUT2D eigenvalue weighted by molar-refractivity contribution is 9.10. The van der Waals surface area contributed by atoms with E-state index in [2.05, 4.69) is 26.0 Å². The van der Waals surface area contributed by atoms with Crippen LogP contribution >= 0.6 is 15.9 Å². The van der Waals surface area contributed by atoms with Crippen molar-refractivity contribution >= 4 is 33.3 Å². The molecular formula is C10H13BrN2O2. The molecular weight excluding hydrogens is 260 g/mol. The first-order valence-electron chi connectivity index (χ1n) is 4.44. The molecule has 0 bridgehead atoms. The molecule has 1 rings (SSSR count). The summed E-state index contributed by atoms with van der Waals surface area (Å²) in [4.78, 5) is 11.2. The van der Waals surface area contributed by atoms with Crippen molar-refractivity contribution in [1.29, 1.82) is 0 Å². The largest absolute Gasteiger partial charge is 0.467 e. The molecule has 3 N–H and O–H groups in total. The number of anilines is 2. The number of hydrogen-bond donors (Lipinski definition) is 2. The lowest BCUT2D eigenvalue weighted by Gasteiger charge is -2.14. The smallest absolute Gasteiger partial charge is 0.327 e. The summed E-state index contributed by atoms with van der Waals surface area (Å²) in [6.45, 7) is 1.72. The van der Waals surface area contributed by atoms with Gasteiger partial charge in [-0.2, -0.15) is 0 Å². The van der Waals surface area contributed by atoms with Gasteiger partial charge in [-0.3, -0.25) is 0 Å². The highest BCUT2D eigenvalue weighted by atomic mass is 79.9. The van der Waals surface area contributed by atoms with E-state index in [9.17, 15) is 4.79 Å². The lowest BCUT2D eigenvalue weighted by Crippen LogP contribution is -2.27. The average Bonchev–Trinajstić information content (AvgIpc) is 2.20. The van der Waals surface area contributed by atoms with Crippen LogP contribution in [0.4, 0.5) is 11.4 Å². The van der Waals surface area contributed by atoms with Crippen LogP contribution in [-0.4, -0.2) is 19.1 Å². The second-order valence-electron chi connectivity index (χ2n) is 3.12. The van der Waals surface area contributed by atoms with Crippen LogP contribution in [0.15, 0.2) is 22.7 Å². The molecule has 1 atom stereocenters. The number of ether oxygens (including phenoxy) is 1. The van der Waals surface area contributed by atoms with E-state index in [0.29, 0.717) is 5.69 Å². The van der Waals surface area contributed by atoms with Crippen molar-refractivity contribution in [3.63, 3.8) is 0 Å². The van der Waals surface area contributed by atoms with E-state index in [4.69, 9.17) is 5.73 Å². The molecule has 0 saturated carbocycles. The summed E-state index contributed by atoms with van der Waals surface area (Å²) in [6, 6.07) is 5.01. The topological polar surface area (TPSA) is 64.3 Å². The number of nitrogens with two attached hydrogens (primary N) is 1. The molecule has 1 unspecified atom stereocenters. The van der Waals surface area contributed by atoms with Gasteiger partial charge in [0.2, 0.25) is 0 Å². The van der Waals surface area contributed by atoms with Gasteiger partial charge in [-0.15, -0.1) is 0 Å². The number of halogens is 1. The molecule has 0 spiro atoms. The Morgan fingerprint density at radius 2 is 2.27 bits per heavy atom. The maximum absolute atomic E-state index is 11.2. The summed E-state index contributed by atoms with van der Waals surface area (Å²) in [6.07, 6.45) is 0. The average molecular weight is 273 g/mol. The van der Waals surface area contributed by atoms with Gasteiger partial charge in [0.15, 0.2) is 0 Å². The van der Waals surface area contributed by atoms with Crippen LogP contribution < -0.4 is 11.1 Å². The quantitative estimate of drug-likeness (QED) is 0.653. The normalized spacial score (nSPS) is 11.9. The highest BCUT2D eigenvalue weighted by Gasteiger charge is 2.13. The van der Waals surface area contributed by atoms with E-state index in [0.717, 1.165) is 10.2 Å². The molecule has 0 heterocycles. The van der Waals surface area contributed by atoms with Gasteiger partial charge in [0.05, 0.1) is 18.5 Å². The fourth-order valence-electron chi connectivity index (χ4n) is 1.13. The standard InChI is InChI=1S/C10H13BrN2O2/c1-6(10(14)15-2)13-9-4-3-7(11)5-8(9)12/h3-6,13H,12H2,1-2H3. The Morgan fingerprint density at radius 3 is 2.80 bits per heavy atom. The summed E-state index contributed by atoms with van der Waals surface area (Å²) in [5.74, 6) is -0.322. The molecule has 0 fully saturated rings. The molecule has 5 heteroatoms. The monoisotopic (exact) mass is 272 g/mol. The molecule has 0 saturated heterocycles. The van der Waals surface area contributed by atoms with Crippen LogP contribution in [-0.2, 0) is 9.53 Å². The molecule has 82 valence electrons. The Morgan fingerprint density at radius 1 is 1.60 bits per heavy atom. The van der Waals surface area contributed by atoms with E-state index in [-0.39, 0.29) is 5.97 Å². The van der Waals surface area contributed by atoms with Gasteiger partial charge in [-0.25, -0.2) is 4.79 Å². The fourth-order valence-corrected chi connectivity index (χ4v) is 1.51. The molecule has 0 aliphatic heterocycles. The minimum Gasteiger partial charge on any atom is -0.467 e. The number of esters is 1. The van der Waals surface area contributed by atoms with E-state index in [1.54, 1.807) is 19.1 Å². The van der Waals surface area contributed by atoms with E-state index in [1.165, 1.54) is 7.11 Å².